The predicted molar refractivity (Wildman–Crippen MR) is 71.1 cm³/mol. The molecule has 1 aromatic heterocycles. The molecule has 1 fully saturated rings. The Bertz CT molecular complexity index is 454. The molecule has 2 heterocycles. The number of piperidine rings is 1. The lowest BCUT2D eigenvalue weighted by atomic mass is 9.98. The number of nitrogens with zero attached hydrogens (tertiary/aromatic N) is 3. The molecule has 104 valence electrons. The van der Waals surface area contributed by atoms with Crippen LogP contribution in [0.15, 0.2) is 18.5 Å². The minimum absolute atomic E-state index is 0.0248. The van der Waals surface area contributed by atoms with Crippen LogP contribution >= 0.6 is 0 Å². The fourth-order valence-corrected chi connectivity index (χ4v) is 2.53. The van der Waals surface area contributed by atoms with E-state index in [2.05, 4.69) is 4.98 Å². The number of nitrogens with two attached hydrogens (primary N) is 1. The molecule has 0 bridgehead atoms. The molecule has 1 aliphatic heterocycles. The maximum Gasteiger partial charge on any atom is 0.310 e. The largest absolute Gasteiger partial charge is 0.381 e. The Morgan fingerprint density at radius 2 is 2.47 bits per heavy atom. The molecule has 1 aromatic rings. The van der Waals surface area contributed by atoms with Crippen molar-refractivity contribution < 1.29 is 9.66 Å². The van der Waals surface area contributed by atoms with Crippen molar-refractivity contribution in [2.45, 2.75) is 25.0 Å². The average Bonchev–Trinajstić information content (AvgIpc) is 2.46. The van der Waals surface area contributed by atoms with Crippen LogP contribution in [0.1, 0.15) is 12.8 Å². The zero-order valence-corrected chi connectivity index (χ0v) is 10.9. The first-order chi connectivity index (χ1) is 9.17. The second kappa shape index (κ2) is 5.94. The normalized spacial score (nSPS) is 23.4. The van der Waals surface area contributed by atoms with Gasteiger partial charge in [0, 0.05) is 32.4 Å². The second-order valence-electron chi connectivity index (χ2n) is 4.59. The number of anilines is 1. The molecule has 0 spiro atoms. The Balaban J connectivity index is 2.28. The van der Waals surface area contributed by atoms with Crippen molar-refractivity contribution in [2.24, 2.45) is 5.73 Å². The SMILES string of the molecule is COC1CCN(c2ccncc2[N+](=O)[O-])C(CN)C1. The minimum Gasteiger partial charge on any atom is -0.381 e. The number of rotatable bonds is 4. The first-order valence-electron chi connectivity index (χ1n) is 6.25. The summed E-state index contributed by atoms with van der Waals surface area (Å²) in [6.45, 7) is 1.14. The fourth-order valence-electron chi connectivity index (χ4n) is 2.53. The van der Waals surface area contributed by atoms with Crippen LogP contribution in [0, 0.1) is 10.1 Å². The summed E-state index contributed by atoms with van der Waals surface area (Å²) in [5.74, 6) is 0. The molecule has 0 aliphatic carbocycles. The van der Waals surface area contributed by atoms with E-state index in [9.17, 15) is 10.1 Å². The van der Waals surface area contributed by atoms with E-state index in [0.29, 0.717) is 18.8 Å². The monoisotopic (exact) mass is 266 g/mol. The molecule has 7 nitrogen and oxygen atoms in total. The lowest BCUT2D eigenvalue weighted by molar-refractivity contribution is -0.384. The van der Waals surface area contributed by atoms with Crippen molar-refractivity contribution in [1.82, 2.24) is 4.98 Å². The predicted octanol–water partition coefficient (Wildman–Crippen LogP) is 0.932. The van der Waals surface area contributed by atoms with E-state index in [0.717, 1.165) is 12.8 Å². The molecule has 2 atom stereocenters. The van der Waals surface area contributed by atoms with Crippen LogP contribution in [0.2, 0.25) is 0 Å². The smallest absolute Gasteiger partial charge is 0.310 e. The van der Waals surface area contributed by atoms with Crippen LogP contribution in [0.4, 0.5) is 11.4 Å². The third-order valence-electron chi connectivity index (χ3n) is 3.56. The summed E-state index contributed by atoms with van der Waals surface area (Å²) >= 11 is 0. The van der Waals surface area contributed by atoms with Gasteiger partial charge in [0.05, 0.1) is 11.0 Å². The maximum atomic E-state index is 11.1. The van der Waals surface area contributed by atoms with Crippen LogP contribution in [0.25, 0.3) is 0 Å². The van der Waals surface area contributed by atoms with Gasteiger partial charge in [-0.15, -0.1) is 0 Å². The van der Waals surface area contributed by atoms with Gasteiger partial charge in [0.25, 0.3) is 0 Å². The van der Waals surface area contributed by atoms with Crippen LogP contribution in [0.5, 0.6) is 0 Å². The van der Waals surface area contributed by atoms with E-state index in [1.807, 2.05) is 4.90 Å². The van der Waals surface area contributed by atoms with Crippen molar-refractivity contribution in [3.05, 3.63) is 28.6 Å². The number of ether oxygens (including phenoxy) is 1. The van der Waals surface area contributed by atoms with Gasteiger partial charge in [0.15, 0.2) is 0 Å². The molecular weight excluding hydrogens is 248 g/mol. The fraction of sp³-hybridized carbons (Fsp3) is 0.583. The Morgan fingerprint density at radius 1 is 1.68 bits per heavy atom. The molecule has 7 heteroatoms. The topological polar surface area (TPSA) is 94.5 Å². The van der Waals surface area contributed by atoms with Crippen molar-refractivity contribution in [1.29, 1.82) is 0 Å². The molecule has 1 aliphatic rings. The molecular formula is C12H18N4O3. The van der Waals surface area contributed by atoms with E-state index >= 15 is 0 Å². The second-order valence-corrected chi connectivity index (χ2v) is 4.59. The molecule has 2 rings (SSSR count). The summed E-state index contributed by atoms with van der Waals surface area (Å²) < 4.78 is 5.36. The number of pyridine rings is 1. The van der Waals surface area contributed by atoms with Crippen molar-refractivity contribution in [3.63, 3.8) is 0 Å². The van der Waals surface area contributed by atoms with E-state index in [4.69, 9.17) is 10.5 Å². The molecule has 2 unspecified atom stereocenters. The average molecular weight is 266 g/mol. The van der Waals surface area contributed by atoms with Crippen molar-refractivity contribution in [2.75, 3.05) is 25.1 Å². The van der Waals surface area contributed by atoms with Gasteiger partial charge in [-0.2, -0.15) is 0 Å². The van der Waals surface area contributed by atoms with E-state index in [1.54, 1.807) is 19.4 Å². The van der Waals surface area contributed by atoms with E-state index < -0.39 is 4.92 Å². The highest BCUT2D eigenvalue weighted by Gasteiger charge is 2.31. The number of aromatic nitrogens is 1. The summed E-state index contributed by atoms with van der Waals surface area (Å²) in [6.07, 6.45) is 4.65. The molecule has 2 N–H and O–H groups in total. The zero-order valence-electron chi connectivity index (χ0n) is 10.9. The summed E-state index contributed by atoms with van der Waals surface area (Å²) in [7, 11) is 1.68. The van der Waals surface area contributed by atoms with Gasteiger partial charge in [-0.1, -0.05) is 0 Å². The lowest BCUT2D eigenvalue weighted by Gasteiger charge is -2.39. The number of hydrogen-bond acceptors (Lipinski definition) is 6. The van der Waals surface area contributed by atoms with Gasteiger partial charge in [0.1, 0.15) is 11.9 Å². The molecule has 1 saturated heterocycles. The van der Waals surface area contributed by atoms with Gasteiger partial charge in [-0.05, 0) is 18.9 Å². The summed E-state index contributed by atoms with van der Waals surface area (Å²) in [5.41, 5.74) is 6.40. The molecule has 0 amide bonds. The highest BCUT2D eigenvalue weighted by atomic mass is 16.6. The van der Waals surface area contributed by atoms with Crippen molar-refractivity contribution >= 4 is 11.4 Å². The summed E-state index contributed by atoms with van der Waals surface area (Å²) in [6, 6.07) is 1.73. The Kier molecular flexibility index (Phi) is 4.28. The van der Waals surface area contributed by atoms with Crippen LogP contribution in [-0.4, -0.2) is 42.3 Å². The maximum absolute atomic E-state index is 11.1. The minimum atomic E-state index is -0.404. The van der Waals surface area contributed by atoms with E-state index in [1.165, 1.54) is 6.20 Å². The van der Waals surface area contributed by atoms with E-state index in [-0.39, 0.29) is 17.8 Å². The Hall–Kier alpha value is -1.73. The zero-order chi connectivity index (χ0) is 13.8. The summed E-state index contributed by atoms with van der Waals surface area (Å²) in [4.78, 5) is 16.5. The van der Waals surface area contributed by atoms with Gasteiger partial charge in [-0.25, -0.2) is 0 Å². The Morgan fingerprint density at radius 3 is 3.11 bits per heavy atom. The number of nitro groups is 1. The molecule has 0 aromatic carbocycles. The first kappa shape index (κ1) is 13.7. The molecule has 0 radical (unpaired) electrons. The third kappa shape index (κ3) is 2.82. The highest BCUT2D eigenvalue weighted by Crippen LogP contribution is 2.32. The first-order valence-corrected chi connectivity index (χ1v) is 6.25. The van der Waals surface area contributed by atoms with Crippen molar-refractivity contribution in [3.8, 4) is 0 Å². The quantitative estimate of drug-likeness (QED) is 0.643. The third-order valence-corrected chi connectivity index (χ3v) is 3.56. The van der Waals surface area contributed by atoms with Crippen LogP contribution < -0.4 is 10.6 Å². The molecule has 0 saturated carbocycles. The van der Waals surface area contributed by atoms with Gasteiger partial charge < -0.3 is 15.4 Å². The highest BCUT2D eigenvalue weighted by molar-refractivity contribution is 5.62. The van der Waals surface area contributed by atoms with Crippen LogP contribution in [0.3, 0.4) is 0 Å². The summed E-state index contributed by atoms with van der Waals surface area (Å²) in [5, 5.41) is 11.1. The van der Waals surface area contributed by atoms with Gasteiger partial charge >= 0.3 is 5.69 Å². The van der Waals surface area contributed by atoms with Gasteiger partial charge in [0.2, 0.25) is 0 Å². The Labute approximate surface area is 111 Å². The number of hydrogen-bond donors (Lipinski definition) is 1. The van der Waals surface area contributed by atoms with Gasteiger partial charge in [-0.3, -0.25) is 15.1 Å². The van der Waals surface area contributed by atoms with Crippen LogP contribution in [-0.2, 0) is 4.74 Å². The standard InChI is InChI=1S/C12H18N4O3/c1-19-10-3-5-15(9(6-10)7-13)11-2-4-14-8-12(11)16(17)18/h2,4,8-10H,3,5-7,13H2,1H3. The molecule has 19 heavy (non-hydrogen) atoms. The number of methoxy groups -OCH3 is 1. The lowest BCUT2D eigenvalue weighted by Crippen LogP contribution is -2.48.